The molecule has 6 heteroatoms. The fourth-order valence-corrected chi connectivity index (χ4v) is 4.96. The number of aromatic nitrogens is 2. The lowest BCUT2D eigenvalue weighted by molar-refractivity contribution is -0.146. The Morgan fingerprint density at radius 2 is 1.67 bits per heavy atom. The van der Waals surface area contributed by atoms with Gasteiger partial charge in [-0.15, -0.1) is 0 Å². The van der Waals surface area contributed by atoms with Gasteiger partial charge in [0, 0.05) is 30.5 Å². The zero-order valence-electron chi connectivity index (χ0n) is 15.5. The molecule has 1 aromatic carbocycles. The van der Waals surface area contributed by atoms with Crippen molar-refractivity contribution in [3.05, 3.63) is 35.2 Å². The van der Waals surface area contributed by atoms with Crippen LogP contribution in [0, 0.1) is 5.92 Å². The van der Waals surface area contributed by atoms with E-state index in [0.717, 1.165) is 16.7 Å². The SMILES string of the molecule is COC(=O)C1CCN(C(=O)c2ccc3nc4c(nc3c2)C2CCC4C2)CC1. The second-order valence-electron chi connectivity index (χ2n) is 7.99. The zero-order valence-corrected chi connectivity index (χ0v) is 15.5. The number of benzene rings is 1. The maximum atomic E-state index is 12.9. The minimum absolute atomic E-state index is 0.00374. The number of fused-ring (bicyclic) bond motifs is 6. The van der Waals surface area contributed by atoms with Gasteiger partial charge in [0.25, 0.3) is 5.91 Å². The highest BCUT2D eigenvalue weighted by Gasteiger charge is 2.39. The molecule has 1 amide bonds. The first kappa shape index (κ1) is 16.7. The number of piperidine rings is 1. The standard InChI is InChI=1S/C21H23N3O3/c1-27-21(26)12-6-8-24(9-7-12)20(25)15-4-5-16-17(11-15)23-19-14-3-2-13(10-14)18(19)22-16/h4-5,11-14H,2-3,6-10H2,1H3. The molecule has 0 N–H and O–H groups in total. The van der Waals surface area contributed by atoms with Gasteiger partial charge in [0.05, 0.1) is 35.4 Å². The molecule has 1 aromatic heterocycles. The molecule has 27 heavy (non-hydrogen) atoms. The summed E-state index contributed by atoms with van der Waals surface area (Å²) in [6.07, 6.45) is 4.94. The van der Waals surface area contributed by atoms with Crippen LogP contribution in [0.5, 0.6) is 0 Å². The summed E-state index contributed by atoms with van der Waals surface area (Å²) >= 11 is 0. The van der Waals surface area contributed by atoms with Crippen molar-refractivity contribution in [1.29, 1.82) is 0 Å². The van der Waals surface area contributed by atoms with Crippen molar-refractivity contribution in [1.82, 2.24) is 14.9 Å². The molecule has 1 aliphatic heterocycles. The van der Waals surface area contributed by atoms with Crippen LogP contribution in [-0.2, 0) is 9.53 Å². The second kappa shape index (κ2) is 6.29. The third-order valence-corrected chi connectivity index (χ3v) is 6.49. The Morgan fingerprint density at radius 3 is 2.33 bits per heavy atom. The highest BCUT2D eigenvalue weighted by Crippen LogP contribution is 2.51. The Labute approximate surface area is 157 Å². The Morgan fingerprint density at radius 1 is 1.00 bits per heavy atom. The molecule has 5 rings (SSSR count). The predicted octanol–water partition coefficient (Wildman–Crippen LogP) is 3.02. The lowest BCUT2D eigenvalue weighted by Gasteiger charge is -2.30. The fraction of sp³-hybridized carbons (Fsp3) is 0.524. The van der Waals surface area contributed by atoms with Crippen molar-refractivity contribution in [2.45, 2.75) is 43.9 Å². The molecule has 0 radical (unpaired) electrons. The van der Waals surface area contributed by atoms with E-state index in [1.807, 2.05) is 23.1 Å². The minimum atomic E-state index is -0.175. The van der Waals surface area contributed by atoms with E-state index in [0.29, 0.717) is 43.3 Å². The monoisotopic (exact) mass is 365 g/mol. The van der Waals surface area contributed by atoms with E-state index >= 15 is 0 Å². The summed E-state index contributed by atoms with van der Waals surface area (Å²) in [5.74, 6) is 0.868. The van der Waals surface area contributed by atoms with Crippen LogP contribution < -0.4 is 0 Å². The molecule has 2 bridgehead atoms. The molecule has 2 aromatic rings. The molecule has 6 nitrogen and oxygen atoms in total. The topological polar surface area (TPSA) is 72.4 Å². The number of hydrogen-bond donors (Lipinski definition) is 0. The van der Waals surface area contributed by atoms with Crippen LogP contribution in [0.25, 0.3) is 11.0 Å². The Hall–Kier alpha value is -2.50. The zero-order chi connectivity index (χ0) is 18.5. The number of hydrogen-bond acceptors (Lipinski definition) is 5. The third kappa shape index (κ3) is 2.69. The minimum Gasteiger partial charge on any atom is -0.469 e. The number of nitrogens with zero attached hydrogens (tertiary/aromatic N) is 3. The molecule has 140 valence electrons. The second-order valence-corrected chi connectivity index (χ2v) is 7.99. The molecule has 0 spiro atoms. The van der Waals surface area contributed by atoms with Gasteiger partial charge in [-0.25, -0.2) is 9.97 Å². The quantitative estimate of drug-likeness (QED) is 0.765. The number of rotatable bonds is 2. The normalized spacial score (nSPS) is 24.3. The largest absolute Gasteiger partial charge is 0.469 e. The van der Waals surface area contributed by atoms with Gasteiger partial charge in [0.15, 0.2) is 0 Å². The number of carbonyl (C=O) groups is 2. The van der Waals surface area contributed by atoms with Crippen LogP contribution in [0.15, 0.2) is 18.2 Å². The number of amides is 1. The van der Waals surface area contributed by atoms with Gasteiger partial charge in [-0.3, -0.25) is 9.59 Å². The first-order valence-electron chi connectivity index (χ1n) is 9.82. The number of carbonyl (C=O) groups excluding carboxylic acids is 2. The van der Waals surface area contributed by atoms with Gasteiger partial charge >= 0.3 is 5.97 Å². The molecule has 3 aliphatic rings. The molecule has 1 saturated carbocycles. The van der Waals surface area contributed by atoms with Crippen molar-refractivity contribution >= 4 is 22.9 Å². The maximum Gasteiger partial charge on any atom is 0.308 e. The summed E-state index contributed by atoms with van der Waals surface area (Å²) in [5.41, 5.74) is 4.68. The van der Waals surface area contributed by atoms with Crippen LogP contribution in [0.2, 0.25) is 0 Å². The molecule has 1 saturated heterocycles. The maximum absolute atomic E-state index is 12.9. The third-order valence-electron chi connectivity index (χ3n) is 6.49. The Balaban J connectivity index is 1.38. The summed E-state index contributed by atoms with van der Waals surface area (Å²) in [6, 6.07) is 5.65. The van der Waals surface area contributed by atoms with E-state index in [1.165, 1.54) is 32.1 Å². The number of methoxy groups -OCH3 is 1. The van der Waals surface area contributed by atoms with Gasteiger partial charge in [0.2, 0.25) is 0 Å². The van der Waals surface area contributed by atoms with Gasteiger partial charge < -0.3 is 9.64 Å². The lowest BCUT2D eigenvalue weighted by Crippen LogP contribution is -2.40. The fourth-order valence-electron chi connectivity index (χ4n) is 4.96. The van der Waals surface area contributed by atoms with Crippen LogP contribution in [0.3, 0.4) is 0 Å². The van der Waals surface area contributed by atoms with Crippen molar-refractivity contribution in [2.75, 3.05) is 20.2 Å². The molecular weight excluding hydrogens is 342 g/mol. The smallest absolute Gasteiger partial charge is 0.308 e. The first-order chi connectivity index (χ1) is 13.1. The van der Waals surface area contributed by atoms with Gasteiger partial charge in [-0.2, -0.15) is 0 Å². The van der Waals surface area contributed by atoms with E-state index in [2.05, 4.69) is 0 Å². The van der Waals surface area contributed by atoms with Crippen LogP contribution in [0.4, 0.5) is 0 Å². The Kier molecular flexibility index (Phi) is 3.88. The first-order valence-corrected chi connectivity index (χ1v) is 9.82. The summed E-state index contributed by atoms with van der Waals surface area (Å²) in [6.45, 7) is 1.16. The molecule has 2 fully saturated rings. The highest BCUT2D eigenvalue weighted by atomic mass is 16.5. The van der Waals surface area contributed by atoms with E-state index in [-0.39, 0.29) is 17.8 Å². The molecule has 2 heterocycles. The number of esters is 1. The molecule has 2 unspecified atom stereocenters. The van der Waals surface area contributed by atoms with E-state index in [4.69, 9.17) is 14.7 Å². The van der Waals surface area contributed by atoms with E-state index in [1.54, 1.807) is 0 Å². The predicted molar refractivity (Wildman–Crippen MR) is 99.5 cm³/mol. The lowest BCUT2D eigenvalue weighted by atomic mass is 9.96. The van der Waals surface area contributed by atoms with Crippen LogP contribution in [-0.4, -0.2) is 46.9 Å². The average molecular weight is 365 g/mol. The van der Waals surface area contributed by atoms with Crippen molar-refractivity contribution < 1.29 is 14.3 Å². The van der Waals surface area contributed by atoms with Gasteiger partial charge in [-0.1, -0.05) is 0 Å². The van der Waals surface area contributed by atoms with Crippen molar-refractivity contribution in [3.8, 4) is 0 Å². The van der Waals surface area contributed by atoms with Crippen molar-refractivity contribution in [3.63, 3.8) is 0 Å². The average Bonchev–Trinajstić information content (AvgIpc) is 3.33. The molecule has 2 aliphatic carbocycles. The summed E-state index contributed by atoms with van der Waals surface area (Å²) < 4.78 is 4.82. The van der Waals surface area contributed by atoms with Crippen LogP contribution >= 0.6 is 0 Å². The van der Waals surface area contributed by atoms with Crippen LogP contribution in [0.1, 0.15) is 65.7 Å². The van der Waals surface area contributed by atoms with Crippen molar-refractivity contribution in [2.24, 2.45) is 5.92 Å². The number of ether oxygens (including phenoxy) is 1. The summed E-state index contributed by atoms with van der Waals surface area (Å²) in [7, 11) is 1.42. The number of likely N-dealkylation sites (tertiary alicyclic amines) is 1. The Bertz CT molecular complexity index is 934. The molecular formula is C21H23N3O3. The van der Waals surface area contributed by atoms with E-state index in [9.17, 15) is 9.59 Å². The summed E-state index contributed by atoms with van der Waals surface area (Å²) in [5, 5.41) is 0. The van der Waals surface area contributed by atoms with Gasteiger partial charge in [-0.05, 0) is 50.3 Å². The van der Waals surface area contributed by atoms with Gasteiger partial charge in [0.1, 0.15) is 0 Å². The molecule has 2 atom stereocenters. The summed E-state index contributed by atoms with van der Waals surface area (Å²) in [4.78, 5) is 36.1. The highest BCUT2D eigenvalue weighted by molar-refractivity contribution is 5.97. The van der Waals surface area contributed by atoms with E-state index < -0.39 is 0 Å².